The van der Waals surface area contributed by atoms with Gasteiger partial charge in [0.1, 0.15) is 0 Å². The number of carbonyl (C=O) groups excluding carboxylic acids is 1. The number of methoxy groups -OCH3 is 1. The summed E-state index contributed by atoms with van der Waals surface area (Å²) < 4.78 is 4.94. The maximum absolute atomic E-state index is 12.1. The molecule has 2 aromatic heterocycles. The fourth-order valence-corrected chi connectivity index (χ4v) is 2.97. The maximum Gasteiger partial charge on any atom is 0.256 e. The van der Waals surface area contributed by atoms with Crippen LogP contribution in [0.1, 0.15) is 42.9 Å². The summed E-state index contributed by atoms with van der Waals surface area (Å²) in [5.74, 6) is 0.773. The molecule has 0 aliphatic heterocycles. The fraction of sp³-hybridized carbons (Fsp3) is 0.438. The molecule has 0 bridgehead atoms. The second-order valence-electron chi connectivity index (χ2n) is 5.74. The summed E-state index contributed by atoms with van der Waals surface area (Å²) in [6.45, 7) is 0. The lowest BCUT2D eigenvalue weighted by molar-refractivity contribution is -0.115. The molecule has 3 rings (SSSR count). The highest BCUT2D eigenvalue weighted by atomic mass is 16.5. The molecule has 0 aromatic carbocycles. The van der Waals surface area contributed by atoms with Crippen LogP contribution >= 0.6 is 0 Å². The van der Waals surface area contributed by atoms with Crippen molar-refractivity contribution in [2.24, 2.45) is 0 Å². The molecule has 1 aliphatic carbocycles. The number of carbonyl (C=O) groups is 1. The summed E-state index contributed by atoms with van der Waals surface area (Å²) in [4.78, 5) is 16.0. The minimum atomic E-state index is -0.252. The van der Waals surface area contributed by atoms with Crippen LogP contribution in [0.5, 0.6) is 11.6 Å². The van der Waals surface area contributed by atoms with E-state index in [0.717, 1.165) is 5.69 Å². The smallest absolute Gasteiger partial charge is 0.256 e. The molecule has 122 valence electrons. The minimum absolute atomic E-state index is 0.0241. The van der Waals surface area contributed by atoms with E-state index >= 15 is 0 Å². The second kappa shape index (κ2) is 6.68. The van der Waals surface area contributed by atoms with E-state index in [1.54, 1.807) is 6.07 Å². The molecule has 3 N–H and O–H groups in total. The molecule has 0 radical (unpaired) electrons. The molecule has 0 atom stereocenters. The van der Waals surface area contributed by atoms with Gasteiger partial charge in [-0.25, -0.2) is 4.98 Å². The van der Waals surface area contributed by atoms with Gasteiger partial charge in [0.25, 0.3) is 5.88 Å². The summed E-state index contributed by atoms with van der Waals surface area (Å²) in [5, 5.41) is 19.9. The number of aromatic hydroxyl groups is 1. The summed E-state index contributed by atoms with van der Waals surface area (Å²) in [5.41, 5.74) is 1.53. The number of nitrogens with one attached hydrogen (secondary N) is 2. The molecule has 1 amide bonds. The van der Waals surface area contributed by atoms with Gasteiger partial charge in [0.2, 0.25) is 5.91 Å². The standard InChI is InChI=1S/C16H20N4O3/c1-23-16-15(22)11(6-7-17-16)8-14(21)18-13-9-12(19-20-13)10-4-2-3-5-10/h6-7,9-10,22H,2-5,8H2,1H3,(H2,18,19,20,21). The number of aromatic amines is 1. The van der Waals surface area contributed by atoms with Crippen LogP contribution in [0.4, 0.5) is 5.82 Å². The van der Waals surface area contributed by atoms with Crippen molar-refractivity contribution in [2.75, 3.05) is 12.4 Å². The SMILES string of the molecule is COc1nccc(CC(=O)Nc2cc(C3CCCC3)[nH]n2)c1O. The number of aromatic nitrogens is 3. The monoisotopic (exact) mass is 316 g/mol. The third kappa shape index (κ3) is 3.44. The van der Waals surface area contributed by atoms with Crippen molar-refractivity contribution in [3.05, 3.63) is 29.6 Å². The molecule has 0 saturated heterocycles. The van der Waals surface area contributed by atoms with E-state index in [0.29, 0.717) is 17.3 Å². The topological polar surface area (TPSA) is 100 Å². The Hall–Kier alpha value is -2.57. The van der Waals surface area contributed by atoms with Gasteiger partial charge in [0.05, 0.1) is 13.5 Å². The van der Waals surface area contributed by atoms with E-state index in [-0.39, 0.29) is 24.0 Å². The number of hydrogen-bond acceptors (Lipinski definition) is 5. The minimum Gasteiger partial charge on any atom is -0.503 e. The van der Waals surface area contributed by atoms with Gasteiger partial charge >= 0.3 is 0 Å². The molecule has 1 fully saturated rings. The Morgan fingerprint density at radius 3 is 3.00 bits per heavy atom. The number of ether oxygens (including phenoxy) is 1. The third-order valence-corrected chi connectivity index (χ3v) is 4.18. The Balaban J connectivity index is 1.63. The number of amides is 1. The van der Waals surface area contributed by atoms with Crippen LogP contribution in [0.25, 0.3) is 0 Å². The Labute approximate surface area is 134 Å². The van der Waals surface area contributed by atoms with Gasteiger partial charge in [-0.15, -0.1) is 0 Å². The molecule has 0 spiro atoms. The molecule has 7 nitrogen and oxygen atoms in total. The molecule has 1 saturated carbocycles. The first-order valence-electron chi connectivity index (χ1n) is 7.73. The average molecular weight is 316 g/mol. The highest BCUT2D eigenvalue weighted by Gasteiger charge is 2.20. The summed E-state index contributed by atoms with van der Waals surface area (Å²) in [6.07, 6.45) is 6.34. The van der Waals surface area contributed by atoms with E-state index in [1.807, 2.05) is 6.07 Å². The third-order valence-electron chi connectivity index (χ3n) is 4.18. The Morgan fingerprint density at radius 2 is 2.26 bits per heavy atom. The van der Waals surface area contributed by atoms with Gasteiger partial charge in [0, 0.05) is 29.4 Å². The first-order chi connectivity index (χ1) is 11.2. The van der Waals surface area contributed by atoms with Crippen molar-refractivity contribution in [3.63, 3.8) is 0 Å². The Kier molecular flexibility index (Phi) is 4.45. The lowest BCUT2D eigenvalue weighted by atomic mass is 10.0. The number of pyridine rings is 1. The molecule has 0 unspecified atom stereocenters. The van der Waals surface area contributed by atoms with Gasteiger partial charge in [-0.3, -0.25) is 9.89 Å². The quantitative estimate of drug-likeness (QED) is 0.786. The molecule has 1 aliphatic rings. The van der Waals surface area contributed by atoms with Crippen molar-refractivity contribution in [3.8, 4) is 11.6 Å². The first-order valence-corrected chi connectivity index (χ1v) is 7.73. The summed E-state index contributed by atoms with van der Waals surface area (Å²) >= 11 is 0. The van der Waals surface area contributed by atoms with Crippen molar-refractivity contribution in [2.45, 2.75) is 38.0 Å². The molecule has 23 heavy (non-hydrogen) atoms. The van der Waals surface area contributed by atoms with Crippen LogP contribution < -0.4 is 10.1 Å². The highest BCUT2D eigenvalue weighted by Crippen LogP contribution is 2.33. The van der Waals surface area contributed by atoms with E-state index in [1.165, 1.54) is 39.0 Å². The van der Waals surface area contributed by atoms with Crippen molar-refractivity contribution in [1.29, 1.82) is 0 Å². The van der Waals surface area contributed by atoms with Gasteiger partial charge in [-0.2, -0.15) is 5.10 Å². The van der Waals surface area contributed by atoms with Crippen LogP contribution in [-0.2, 0) is 11.2 Å². The average Bonchev–Trinajstić information content (AvgIpc) is 3.20. The zero-order valence-electron chi connectivity index (χ0n) is 13.0. The van der Waals surface area contributed by atoms with E-state index in [2.05, 4.69) is 20.5 Å². The molecular weight excluding hydrogens is 296 g/mol. The predicted molar refractivity (Wildman–Crippen MR) is 84.6 cm³/mol. The predicted octanol–water partition coefficient (Wildman–Crippen LogP) is 2.36. The lowest BCUT2D eigenvalue weighted by Gasteiger charge is -2.07. The Bertz CT molecular complexity index is 692. The van der Waals surface area contributed by atoms with E-state index < -0.39 is 0 Å². The number of nitrogens with zero attached hydrogens (tertiary/aromatic N) is 2. The van der Waals surface area contributed by atoms with Gasteiger partial charge in [0.15, 0.2) is 11.6 Å². The van der Waals surface area contributed by atoms with E-state index in [9.17, 15) is 9.90 Å². The molecule has 2 heterocycles. The number of hydrogen-bond donors (Lipinski definition) is 3. The van der Waals surface area contributed by atoms with Crippen LogP contribution in [0.15, 0.2) is 18.3 Å². The molecule has 2 aromatic rings. The first kappa shape index (κ1) is 15.3. The van der Waals surface area contributed by atoms with Crippen LogP contribution in [-0.4, -0.2) is 33.3 Å². The highest BCUT2D eigenvalue weighted by molar-refractivity contribution is 5.91. The zero-order valence-corrected chi connectivity index (χ0v) is 13.0. The lowest BCUT2D eigenvalue weighted by Crippen LogP contribution is -2.15. The second-order valence-corrected chi connectivity index (χ2v) is 5.74. The number of rotatable bonds is 5. The van der Waals surface area contributed by atoms with Crippen LogP contribution in [0, 0.1) is 0 Å². The number of H-pyrrole nitrogens is 1. The normalized spacial score (nSPS) is 14.8. The van der Waals surface area contributed by atoms with Gasteiger partial charge in [-0.1, -0.05) is 12.8 Å². The number of anilines is 1. The fourth-order valence-electron chi connectivity index (χ4n) is 2.97. The van der Waals surface area contributed by atoms with Gasteiger partial charge < -0.3 is 15.2 Å². The molecular formula is C16H20N4O3. The molecule has 7 heteroatoms. The van der Waals surface area contributed by atoms with Gasteiger partial charge in [-0.05, 0) is 18.9 Å². The van der Waals surface area contributed by atoms with Crippen molar-refractivity contribution >= 4 is 11.7 Å². The van der Waals surface area contributed by atoms with Crippen LogP contribution in [0.2, 0.25) is 0 Å². The van der Waals surface area contributed by atoms with Crippen molar-refractivity contribution in [1.82, 2.24) is 15.2 Å². The van der Waals surface area contributed by atoms with Crippen molar-refractivity contribution < 1.29 is 14.6 Å². The van der Waals surface area contributed by atoms with E-state index in [4.69, 9.17) is 4.74 Å². The summed E-state index contributed by atoms with van der Waals surface area (Å²) in [6, 6.07) is 3.48. The largest absolute Gasteiger partial charge is 0.503 e. The zero-order chi connectivity index (χ0) is 16.2. The maximum atomic E-state index is 12.1. The Morgan fingerprint density at radius 1 is 1.48 bits per heavy atom. The summed E-state index contributed by atoms with van der Waals surface area (Å²) in [7, 11) is 1.42. The van der Waals surface area contributed by atoms with Crippen LogP contribution in [0.3, 0.4) is 0 Å².